The van der Waals surface area contributed by atoms with Crippen molar-refractivity contribution in [2.24, 2.45) is 5.73 Å². The number of carbonyl (C=O) groups excluding carboxylic acids is 1. The summed E-state index contributed by atoms with van der Waals surface area (Å²) in [6.45, 7) is 4.19. The molecular formula is C15H19N3O2S. The van der Waals surface area contributed by atoms with Gasteiger partial charge in [-0.2, -0.15) is 0 Å². The zero-order valence-corrected chi connectivity index (χ0v) is 12.9. The Morgan fingerprint density at radius 2 is 2.33 bits per heavy atom. The van der Waals surface area contributed by atoms with Gasteiger partial charge in [0.1, 0.15) is 5.75 Å². The van der Waals surface area contributed by atoms with E-state index >= 15 is 0 Å². The third-order valence-corrected chi connectivity index (χ3v) is 3.60. The lowest BCUT2D eigenvalue weighted by Gasteiger charge is -2.06. The molecule has 6 heteroatoms. The molecule has 0 bridgehead atoms. The summed E-state index contributed by atoms with van der Waals surface area (Å²) in [5, 5.41) is 5.17. The van der Waals surface area contributed by atoms with Crippen molar-refractivity contribution in [3.63, 3.8) is 0 Å². The fourth-order valence-corrected chi connectivity index (χ4v) is 2.53. The highest BCUT2D eigenvalue weighted by Crippen LogP contribution is 2.19. The standard InChI is InChI=1S/C15H19N3O2S/c1-10-4-3-5-12(8-10)20-7-6-14(19)18-15-17-13(9-21-15)11(2)16/h3-5,8-9,11H,6-7,16H2,1-2H3,(H,17,18,19). The maximum absolute atomic E-state index is 11.8. The molecule has 0 saturated heterocycles. The normalized spacial score (nSPS) is 12.0. The lowest BCUT2D eigenvalue weighted by molar-refractivity contribution is -0.116. The predicted octanol–water partition coefficient (Wildman–Crippen LogP) is 2.88. The largest absolute Gasteiger partial charge is 0.493 e. The molecule has 1 unspecified atom stereocenters. The van der Waals surface area contributed by atoms with E-state index in [9.17, 15) is 4.79 Å². The second kappa shape index (κ2) is 7.19. The molecule has 0 spiro atoms. The van der Waals surface area contributed by atoms with Crippen LogP contribution in [0.5, 0.6) is 5.75 Å². The highest BCUT2D eigenvalue weighted by molar-refractivity contribution is 7.13. The molecule has 0 aliphatic carbocycles. The second-order valence-corrected chi connectivity index (χ2v) is 5.69. The molecule has 0 aliphatic heterocycles. The minimum Gasteiger partial charge on any atom is -0.493 e. The van der Waals surface area contributed by atoms with E-state index in [1.54, 1.807) is 0 Å². The molecule has 5 nitrogen and oxygen atoms in total. The van der Waals surface area contributed by atoms with Crippen LogP contribution in [0.1, 0.15) is 30.6 Å². The number of anilines is 1. The van der Waals surface area contributed by atoms with Crippen LogP contribution in [0, 0.1) is 6.92 Å². The van der Waals surface area contributed by atoms with Gasteiger partial charge in [-0.05, 0) is 31.5 Å². The first kappa shape index (κ1) is 15.5. The zero-order valence-electron chi connectivity index (χ0n) is 12.1. The van der Waals surface area contributed by atoms with E-state index in [2.05, 4.69) is 10.3 Å². The van der Waals surface area contributed by atoms with Crippen LogP contribution < -0.4 is 15.8 Å². The molecule has 0 saturated carbocycles. The van der Waals surface area contributed by atoms with Gasteiger partial charge in [-0.15, -0.1) is 11.3 Å². The summed E-state index contributed by atoms with van der Waals surface area (Å²) in [6, 6.07) is 7.61. The van der Waals surface area contributed by atoms with Crippen LogP contribution in [0.15, 0.2) is 29.6 Å². The van der Waals surface area contributed by atoms with Crippen molar-refractivity contribution in [1.82, 2.24) is 4.98 Å². The van der Waals surface area contributed by atoms with E-state index in [0.717, 1.165) is 17.0 Å². The van der Waals surface area contributed by atoms with Gasteiger partial charge in [0.25, 0.3) is 0 Å². The Morgan fingerprint density at radius 1 is 1.52 bits per heavy atom. The number of rotatable bonds is 6. The Morgan fingerprint density at radius 3 is 3.00 bits per heavy atom. The average Bonchev–Trinajstić information content (AvgIpc) is 2.87. The van der Waals surface area contributed by atoms with Crippen LogP contribution in [0.4, 0.5) is 5.13 Å². The number of benzene rings is 1. The van der Waals surface area contributed by atoms with Gasteiger partial charge in [0.05, 0.1) is 18.7 Å². The molecule has 1 aromatic heterocycles. The molecule has 1 amide bonds. The molecule has 0 radical (unpaired) electrons. The Balaban J connectivity index is 1.77. The molecule has 1 aromatic carbocycles. The maximum atomic E-state index is 11.8. The monoisotopic (exact) mass is 305 g/mol. The number of hydrogen-bond donors (Lipinski definition) is 2. The number of amides is 1. The number of aromatic nitrogens is 1. The summed E-state index contributed by atoms with van der Waals surface area (Å²) in [5.74, 6) is 0.657. The minimum atomic E-state index is -0.128. The molecule has 1 atom stereocenters. The van der Waals surface area contributed by atoms with E-state index in [1.165, 1.54) is 11.3 Å². The average molecular weight is 305 g/mol. The molecule has 2 rings (SSSR count). The molecule has 0 aliphatic rings. The fraction of sp³-hybridized carbons (Fsp3) is 0.333. The lowest BCUT2D eigenvalue weighted by atomic mass is 10.2. The van der Waals surface area contributed by atoms with Gasteiger partial charge in [-0.1, -0.05) is 12.1 Å². The van der Waals surface area contributed by atoms with Gasteiger partial charge in [0.2, 0.25) is 5.91 Å². The number of nitrogens with one attached hydrogen (secondary N) is 1. The Bertz CT molecular complexity index is 610. The lowest BCUT2D eigenvalue weighted by Crippen LogP contribution is -2.15. The molecule has 3 N–H and O–H groups in total. The van der Waals surface area contributed by atoms with Crippen molar-refractivity contribution in [1.29, 1.82) is 0 Å². The van der Waals surface area contributed by atoms with Crippen LogP contribution >= 0.6 is 11.3 Å². The first-order chi connectivity index (χ1) is 10.0. The van der Waals surface area contributed by atoms with Crippen molar-refractivity contribution < 1.29 is 9.53 Å². The summed E-state index contributed by atoms with van der Waals surface area (Å²) >= 11 is 1.37. The van der Waals surface area contributed by atoms with Gasteiger partial charge >= 0.3 is 0 Å². The molecule has 0 fully saturated rings. The van der Waals surface area contributed by atoms with E-state index in [4.69, 9.17) is 10.5 Å². The zero-order chi connectivity index (χ0) is 15.2. The molecular weight excluding hydrogens is 286 g/mol. The van der Waals surface area contributed by atoms with Crippen molar-refractivity contribution in [3.05, 3.63) is 40.9 Å². The number of thiazole rings is 1. The molecule has 2 aromatic rings. The number of carbonyl (C=O) groups is 1. The topological polar surface area (TPSA) is 77.2 Å². The van der Waals surface area contributed by atoms with Gasteiger partial charge < -0.3 is 15.8 Å². The van der Waals surface area contributed by atoms with Crippen LogP contribution in [-0.4, -0.2) is 17.5 Å². The maximum Gasteiger partial charge on any atom is 0.229 e. The second-order valence-electron chi connectivity index (χ2n) is 4.83. The Labute approximate surface area is 128 Å². The minimum absolute atomic E-state index is 0.117. The number of nitrogens with zero attached hydrogens (tertiary/aromatic N) is 1. The van der Waals surface area contributed by atoms with Crippen LogP contribution in [0.2, 0.25) is 0 Å². The SMILES string of the molecule is Cc1cccc(OCCC(=O)Nc2nc(C(C)N)cs2)c1. The Hall–Kier alpha value is -1.92. The van der Waals surface area contributed by atoms with Crippen LogP contribution in [0.3, 0.4) is 0 Å². The highest BCUT2D eigenvalue weighted by atomic mass is 32.1. The van der Waals surface area contributed by atoms with E-state index in [1.807, 2.05) is 43.5 Å². The first-order valence-corrected chi connectivity index (χ1v) is 7.63. The molecule has 112 valence electrons. The van der Waals surface area contributed by atoms with Crippen molar-refractivity contribution >= 4 is 22.4 Å². The van der Waals surface area contributed by atoms with Gasteiger partial charge in [-0.3, -0.25) is 4.79 Å². The van der Waals surface area contributed by atoms with Crippen molar-refractivity contribution in [2.75, 3.05) is 11.9 Å². The van der Waals surface area contributed by atoms with Gasteiger partial charge in [0, 0.05) is 11.4 Å². The summed E-state index contributed by atoms with van der Waals surface area (Å²) in [4.78, 5) is 16.0. The number of nitrogens with two attached hydrogens (primary N) is 1. The third-order valence-electron chi connectivity index (χ3n) is 2.82. The third kappa shape index (κ3) is 4.84. The molecule has 21 heavy (non-hydrogen) atoms. The highest BCUT2D eigenvalue weighted by Gasteiger charge is 2.09. The molecule has 1 heterocycles. The van der Waals surface area contributed by atoms with E-state index < -0.39 is 0 Å². The van der Waals surface area contributed by atoms with Crippen LogP contribution in [-0.2, 0) is 4.79 Å². The Kier molecular flexibility index (Phi) is 5.30. The predicted molar refractivity (Wildman–Crippen MR) is 84.6 cm³/mol. The van der Waals surface area contributed by atoms with Crippen LogP contribution in [0.25, 0.3) is 0 Å². The number of ether oxygens (including phenoxy) is 1. The first-order valence-electron chi connectivity index (χ1n) is 6.75. The van der Waals surface area contributed by atoms with Gasteiger partial charge in [-0.25, -0.2) is 4.98 Å². The quantitative estimate of drug-likeness (QED) is 0.860. The smallest absolute Gasteiger partial charge is 0.229 e. The van der Waals surface area contributed by atoms with Crippen molar-refractivity contribution in [3.8, 4) is 5.75 Å². The number of aryl methyl sites for hydroxylation is 1. The van der Waals surface area contributed by atoms with Crippen molar-refractivity contribution in [2.45, 2.75) is 26.3 Å². The summed E-state index contributed by atoms with van der Waals surface area (Å²) < 4.78 is 5.54. The summed E-state index contributed by atoms with van der Waals surface area (Å²) in [5.41, 5.74) is 7.64. The van der Waals surface area contributed by atoms with E-state index in [-0.39, 0.29) is 18.4 Å². The summed E-state index contributed by atoms with van der Waals surface area (Å²) in [6.07, 6.45) is 0.279. The summed E-state index contributed by atoms with van der Waals surface area (Å²) in [7, 11) is 0. The van der Waals surface area contributed by atoms with Gasteiger partial charge in [0.15, 0.2) is 5.13 Å². The number of hydrogen-bond acceptors (Lipinski definition) is 5. The van der Waals surface area contributed by atoms with E-state index in [0.29, 0.717) is 11.7 Å². The fourth-order valence-electron chi connectivity index (χ4n) is 1.70.